The fourth-order valence-corrected chi connectivity index (χ4v) is 2.53. The molecule has 0 spiro atoms. The van der Waals surface area contributed by atoms with Gasteiger partial charge in [0.25, 0.3) is 6.43 Å². The number of tetrazole rings is 1. The van der Waals surface area contributed by atoms with Crippen molar-refractivity contribution < 1.29 is 13.5 Å². The van der Waals surface area contributed by atoms with Gasteiger partial charge in [-0.05, 0) is 47.5 Å². The molecular formula is C17H17F2N5O2. The lowest BCUT2D eigenvalue weighted by Crippen LogP contribution is -2.23. The first-order valence-electron chi connectivity index (χ1n) is 7.84. The summed E-state index contributed by atoms with van der Waals surface area (Å²) < 4.78 is 34.3. The Morgan fingerprint density at radius 1 is 1.23 bits per heavy atom. The standard InChI is InChI=1S/C17H17F2N5O2/c1-10-7-12(15(18)19)16(20-8-10)26-9-13-11(2)5-4-6-14(13)24-17(25)23(3)21-22-24/h4-8,15H,9H2,1-3H3. The molecule has 3 rings (SSSR count). The molecule has 0 unspecified atom stereocenters. The molecule has 136 valence electrons. The number of ether oxygens (including phenoxy) is 1. The lowest BCUT2D eigenvalue weighted by atomic mass is 10.1. The molecule has 3 aromatic rings. The highest BCUT2D eigenvalue weighted by atomic mass is 19.3. The number of aromatic nitrogens is 5. The second-order valence-corrected chi connectivity index (χ2v) is 5.87. The van der Waals surface area contributed by atoms with Gasteiger partial charge in [-0.25, -0.2) is 18.6 Å². The summed E-state index contributed by atoms with van der Waals surface area (Å²) in [5, 5.41) is 7.52. The molecule has 0 radical (unpaired) electrons. The topological polar surface area (TPSA) is 74.8 Å². The van der Waals surface area contributed by atoms with Crippen molar-refractivity contribution in [3.63, 3.8) is 0 Å². The van der Waals surface area contributed by atoms with Gasteiger partial charge in [-0.3, -0.25) is 0 Å². The quantitative estimate of drug-likeness (QED) is 0.698. The molecule has 0 N–H and O–H groups in total. The Balaban J connectivity index is 1.97. The Kier molecular flexibility index (Phi) is 4.79. The van der Waals surface area contributed by atoms with E-state index in [1.165, 1.54) is 19.3 Å². The summed E-state index contributed by atoms with van der Waals surface area (Å²) in [6.45, 7) is 3.48. The van der Waals surface area contributed by atoms with Gasteiger partial charge in [0.2, 0.25) is 5.88 Å². The number of hydrogen-bond acceptors (Lipinski definition) is 5. The Morgan fingerprint density at radius 3 is 2.65 bits per heavy atom. The normalized spacial score (nSPS) is 11.2. The van der Waals surface area contributed by atoms with Gasteiger partial charge in [0.1, 0.15) is 6.61 Å². The van der Waals surface area contributed by atoms with E-state index in [9.17, 15) is 13.6 Å². The number of benzene rings is 1. The number of aryl methyl sites for hydroxylation is 3. The Hall–Kier alpha value is -3.10. The Bertz CT molecular complexity index is 997. The second-order valence-electron chi connectivity index (χ2n) is 5.87. The van der Waals surface area contributed by atoms with Crippen LogP contribution in [0.5, 0.6) is 5.88 Å². The smallest absolute Gasteiger partial charge is 0.368 e. The Labute approximate surface area is 147 Å². The van der Waals surface area contributed by atoms with Crippen LogP contribution in [0.15, 0.2) is 35.3 Å². The van der Waals surface area contributed by atoms with Crippen LogP contribution in [-0.2, 0) is 13.7 Å². The van der Waals surface area contributed by atoms with E-state index in [-0.39, 0.29) is 18.1 Å². The summed E-state index contributed by atoms with van der Waals surface area (Å²) >= 11 is 0. The number of pyridine rings is 1. The van der Waals surface area contributed by atoms with Gasteiger partial charge in [0, 0.05) is 18.8 Å². The molecule has 2 heterocycles. The maximum absolute atomic E-state index is 13.2. The number of nitrogens with zero attached hydrogens (tertiary/aromatic N) is 5. The minimum atomic E-state index is -2.70. The van der Waals surface area contributed by atoms with Crippen molar-refractivity contribution in [2.75, 3.05) is 0 Å². The minimum absolute atomic E-state index is 0.0409. The van der Waals surface area contributed by atoms with Crippen LogP contribution in [0.4, 0.5) is 8.78 Å². The minimum Gasteiger partial charge on any atom is -0.472 e. The molecule has 0 fully saturated rings. The molecule has 0 amide bonds. The van der Waals surface area contributed by atoms with E-state index in [1.807, 2.05) is 13.0 Å². The number of rotatable bonds is 5. The molecule has 0 aliphatic rings. The van der Waals surface area contributed by atoms with Crippen molar-refractivity contribution in [1.29, 1.82) is 0 Å². The molecule has 26 heavy (non-hydrogen) atoms. The molecule has 7 nitrogen and oxygen atoms in total. The summed E-state index contributed by atoms with van der Waals surface area (Å²) in [5.74, 6) is -0.133. The number of halogens is 2. The molecule has 0 saturated heterocycles. The van der Waals surface area contributed by atoms with Gasteiger partial charge >= 0.3 is 5.69 Å². The molecule has 0 aliphatic heterocycles. The van der Waals surface area contributed by atoms with Crippen molar-refractivity contribution in [1.82, 2.24) is 24.8 Å². The van der Waals surface area contributed by atoms with Gasteiger partial charge in [-0.1, -0.05) is 12.1 Å². The zero-order valence-corrected chi connectivity index (χ0v) is 14.5. The number of hydrogen-bond donors (Lipinski definition) is 0. The molecule has 9 heteroatoms. The fourth-order valence-electron chi connectivity index (χ4n) is 2.53. The lowest BCUT2D eigenvalue weighted by molar-refractivity contribution is 0.142. The van der Waals surface area contributed by atoms with E-state index in [0.29, 0.717) is 16.8 Å². The molecule has 0 atom stereocenters. The fraction of sp³-hybridized carbons (Fsp3) is 0.294. The van der Waals surface area contributed by atoms with Crippen molar-refractivity contribution >= 4 is 0 Å². The van der Waals surface area contributed by atoms with Crippen molar-refractivity contribution in [2.24, 2.45) is 7.05 Å². The van der Waals surface area contributed by atoms with Crippen LogP contribution in [0, 0.1) is 13.8 Å². The van der Waals surface area contributed by atoms with Gasteiger partial charge in [-0.15, -0.1) is 0 Å². The summed E-state index contributed by atoms with van der Waals surface area (Å²) in [5.41, 5.74) is 1.88. The van der Waals surface area contributed by atoms with E-state index in [1.54, 1.807) is 19.1 Å². The zero-order chi connectivity index (χ0) is 18.8. The van der Waals surface area contributed by atoms with Crippen LogP contribution in [-0.4, -0.2) is 24.8 Å². The van der Waals surface area contributed by atoms with E-state index >= 15 is 0 Å². The average molecular weight is 361 g/mol. The first-order valence-corrected chi connectivity index (χ1v) is 7.84. The SMILES string of the molecule is Cc1cnc(OCc2c(C)cccc2-n2nnn(C)c2=O)c(C(F)F)c1. The van der Waals surface area contributed by atoms with E-state index in [4.69, 9.17) is 4.74 Å². The predicted octanol–water partition coefficient (Wildman–Crippen LogP) is 2.49. The first kappa shape index (κ1) is 17.7. The molecule has 2 aromatic heterocycles. The van der Waals surface area contributed by atoms with Crippen LogP contribution in [0.25, 0.3) is 5.69 Å². The summed E-state index contributed by atoms with van der Waals surface area (Å²) in [7, 11) is 1.49. The van der Waals surface area contributed by atoms with Crippen LogP contribution < -0.4 is 10.4 Å². The van der Waals surface area contributed by atoms with Crippen molar-refractivity contribution in [2.45, 2.75) is 26.9 Å². The molecular weight excluding hydrogens is 344 g/mol. The first-order chi connectivity index (χ1) is 12.4. The van der Waals surface area contributed by atoms with E-state index < -0.39 is 12.1 Å². The van der Waals surface area contributed by atoms with Crippen molar-refractivity contribution in [3.8, 4) is 11.6 Å². The predicted molar refractivity (Wildman–Crippen MR) is 89.6 cm³/mol. The van der Waals surface area contributed by atoms with Crippen LogP contribution in [0.1, 0.15) is 28.7 Å². The van der Waals surface area contributed by atoms with Crippen LogP contribution in [0.2, 0.25) is 0 Å². The largest absolute Gasteiger partial charge is 0.472 e. The Morgan fingerprint density at radius 2 is 2.00 bits per heavy atom. The summed E-state index contributed by atoms with van der Waals surface area (Å²) in [6.07, 6.45) is -1.23. The van der Waals surface area contributed by atoms with Crippen molar-refractivity contribution in [3.05, 3.63) is 63.2 Å². The van der Waals surface area contributed by atoms with E-state index in [2.05, 4.69) is 15.4 Å². The summed E-state index contributed by atoms with van der Waals surface area (Å²) in [6, 6.07) is 6.64. The van der Waals surface area contributed by atoms with Gasteiger partial charge in [0.05, 0.1) is 11.3 Å². The van der Waals surface area contributed by atoms with Gasteiger partial charge < -0.3 is 4.74 Å². The lowest BCUT2D eigenvalue weighted by Gasteiger charge is -2.14. The highest BCUT2D eigenvalue weighted by Crippen LogP contribution is 2.29. The maximum Gasteiger partial charge on any atom is 0.368 e. The maximum atomic E-state index is 13.2. The monoisotopic (exact) mass is 361 g/mol. The third kappa shape index (κ3) is 3.32. The second kappa shape index (κ2) is 7.03. The number of alkyl halides is 2. The highest BCUT2D eigenvalue weighted by Gasteiger charge is 2.18. The third-order valence-corrected chi connectivity index (χ3v) is 3.94. The molecule has 0 bridgehead atoms. The van der Waals surface area contributed by atoms with Gasteiger partial charge in [-0.2, -0.15) is 9.36 Å². The van der Waals surface area contributed by atoms with Crippen LogP contribution >= 0.6 is 0 Å². The van der Waals surface area contributed by atoms with Crippen LogP contribution in [0.3, 0.4) is 0 Å². The average Bonchev–Trinajstić information content (AvgIpc) is 2.93. The highest BCUT2D eigenvalue weighted by molar-refractivity contribution is 5.44. The summed E-state index contributed by atoms with van der Waals surface area (Å²) in [4.78, 5) is 16.1. The molecule has 0 saturated carbocycles. The van der Waals surface area contributed by atoms with E-state index in [0.717, 1.165) is 14.9 Å². The third-order valence-electron chi connectivity index (χ3n) is 3.94. The molecule has 0 aliphatic carbocycles. The zero-order valence-electron chi connectivity index (χ0n) is 14.5. The molecule has 1 aromatic carbocycles. The van der Waals surface area contributed by atoms with Gasteiger partial charge in [0.15, 0.2) is 0 Å².